The monoisotopic (exact) mass is 254 g/mol. The summed E-state index contributed by atoms with van der Waals surface area (Å²) in [5, 5.41) is 0.753. The van der Waals surface area contributed by atoms with Crippen LogP contribution in [0.4, 0.5) is 0 Å². The van der Waals surface area contributed by atoms with E-state index in [1.54, 1.807) is 12.3 Å². The number of aromatic nitrogens is 1. The SMILES string of the molecule is CCN(Cc1cc(Cl)ccn1)CC1CCCO1. The molecule has 17 heavy (non-hydrogen) atoms. The molecule has 0 saturated carbocycles. The molecule has 0 radical (unpaired) electrons. The summed E-state index contributed by atoms with van der Waals surface area (Å²) in [5.74, 6) is 0. The normalized spacial score (nSPS) is 20.1. The van der Waals surface area contributed by atoms with Crippen LogP contribution in [0.3, 0.4) is 0 Å². The Labute approximate surface area is 108 Å². The summed E-state index contributed by atoms with van der Waals surface area (Å²) in [6.45, 7) is 5.92. The predicted octanol–water partition coefficient (Wildman–Crippen LogP) is 2.74. The average Bonchev–Trinajstić information content (AvgIpc) is 2.81. The molecule has 1 atom stereocenters. The third-order valence-corrected chi connectivity index (χ3v) is 3.33. The lowest BCUT2D eigenvalue weighted by molar-refractivity contribution is 0.0721. The number of rotatable bonds is 5. The Kier molecular flexibility index (Phi) is 4.77. The van der Waals surface area contributed by atoms with Crippen LogP contribution in [0.25, 0.3) is 0 Å². The Morgan fingerprint density at radius 1 is 1.59 bits per heavy atom. The van der Waals surface area contributed by atoms with Gasteiger partial charge in [0.15, 0.2) is 0 Å². The minimum atomic E-state index is 0.397. The van der Waals surface area contributed by atoms with Gasteiger partial charge in [0.1, 0.15) is 0 Å². The Bertz CT molecular complexity index is 353. The van der Waals surface area contributed by atoms with Gasteiger partial charge in [-0.3, -0.25) is 9.88 Å². The van der Waals surface area contributed by atoms with E-state index in [2.05, 4.69) is 16.8 Å². The van der Waals surface area contributed by atoms with E-state index < -0.39 is 0 Å². The molecule has 1 aliphatic rings. The molecule has 0 amide bonds. The second-order valence-corrected chi connectivity index (χ2v) is 4.86. The first-order valence-corrected chi connectivity index (χ1v) is 6.60. The molecule has 94 valence electrons. The second kappa shape index (κ2) is 6.34. The first kappa shape index (κ1) is 12.8. The van der Waals surface area contributed by atoms with E-state index in [9.17, 15) is 0 Å². The van der Waals surface area contributed by atoms with Gasteiger partial charge in [-0.05, 0) is 31.5 Å². The molecule has 1 aliphatic heterocycles. The lowest BCUT2D eigenvalue weighted by Gasteiger charge is -2.23. The van der Waals surface area contributed by atoms with Crippen LogP contribution in [-0.2, 0) is 11.3 Å². The minimum Gasteiger partial charge on any atom is -0.377 e. The van der Waals surface area contributed by atoms with E-state index >= 15 is 0 Å². The fourth-order valence-electron chi connectivity index (χ4n) is 2.15. The zero-order valence-electron chi connectivity index (χ0n) is 10.2. The number of hydrogen-bond donors (Lipinski definition) is 0. The third-order valence-electron chi connectivity index (χ3n) is 3.10. The van der Waals surface area contributed by atoms with Crippen molar-refractivity contribution in [2.24, 2.45) is 0 Å². The molecule has 2 heterocycles. The third kappa shape index (κ3) is 3.95. The number of halogens is 1. The molecule has 1 saturated heterocycles. The van der Waals surface area contributed by atoms with Crippen molar-refractivity contribution in [3.8, 4) is 0 Å². The summed E-state index contributed by atoms with van der Waals surface area (Å²) in [7, 11) is 0. The first-order chi connectivity index (χ1) is 8.28. The molecule has 0 aromatic carbocycles. The van der Waals surface area contributed by atoms with Gasteiger partial charge in [-0.2, -0.15) is 0 Å². The fourth-order valence-corrected chi connectivity index (χ4v) is 2.33. The van der Waals surface area contributed by atoms with Crippen LogP contribution >= 0.6 is 11.6 Å². The van der Waals surface area contributed by atoms with Crippen molar-refractivity contribution in [2.45, 2.75) is 32.4 Å². The quantitative estimate of drug-likeness (QED) is 0.808. The highest BCUT2D eigenvalue weighted by atomic mass is 35.5. The van der Waals surface area contributed by atoms with Crippen LogP contribution in [0, 0.1) is 0 Å². The molecule has 1 unspecified atom stereocenters. The van der Waals surface area contributed by atoms with Crippen molar-refractivity contribution < 1.29 is 4.74 Å². The summed E-state index contributed by atoms with van der Waals surface area (Å²) in [6, 6.07) is 3.74. The van der Waals surface area contributed by atoms with Gasteiger partial charge >= 0.3 is 0 Å². The van der Waals surface area contributed by atoms with E-state index in [0.29, 0.717) is 6.10 Å². The van der Waals surface area contributed by atoms with Crippen molar-refractivity contribution in [2.75, 3.05) is 19.7 Å². The van der Waals surface area contributed by atoms with Gasteiger partial charge in [0, 0.05) is 30.9 Å². The van der Waals surface area contributed by atoms with Crippen LogP contribution in [0.1, 0.15) is 25.5 Å². The maximum atomic E-state index is 5.96. The highest BCUT2D eigenvalue weighted by Crippen LogP contribution is 2.15. The van der Waals surface area contributed by atoms with Crippen molar-refractivity contribution in [3.63, 3.8) is 0 Å². The number of nitrogens with zero attached hydrogens (tertiary/aromatic N) is 2. The van der Waals surface area contributed by atoms with E-state index in [-0.39, 0.29) is 0 Å². The molecular weight excluding hydrogens is 236 g/mol. The second-order valence-electron chi connectivity index (χ2n) is 4.43. The summed E-state index contributed by atoms with van der Waals surface area (Å²) in [6.07, 6.45) is 4.53. The highest BCUT2D eigenvalue weighted by molar-refractivity contribution is 6.30. The Balaban J connectivity index is 1.90. The van der Waals surface area contributed by atoms with Gasteiger partial charge in [-0.15, -0.1) is 0 Å². The van der Waals surface area contributed by atoms with Gasteiger partial charge in [-0.1, -0.05) is 18.5 Å². The molecule has 1 aromatic rings. The topological polar surface area (TPSA) is 25.4 Å². The largest absolute Gasteiger partial charge is 0.377 e. The van der Waals surface area contributed by atoms with Crippen molar-refractivity contribution >= 4 is 11.6 Å². The predicted molar refractivity (Wildman–Crippen MR) is 69.2 cm³/mol. The van der Waals surface area contributed by atoms with Gasteiger partial charge < -0.3 is 4.74 Å². The molecule has 2 rings (SSSR count). The number of pyridine rings is 1. The van der Waals surface area contributed by atoms with Crippen LogP contribution in [0.5, 0.6) is 0 Å². The molecule has 0 bridgehead atoms. The van der Waals surface area contributed by atoms with Crippen molar-refractivity contribution in [1.29, 1.82) is 0 Å². The molecule has 3 nitrogen and oxygen atoms in total. The molecule has 1 fully saturated rings. The number of hydrogen-bond acceptors (Lipinski definition) is 3. The van der Waals surface area contributed by atoms with Crippen LogP contribution < -0.4 is 0 Å². The van der Waals surface area contributed by atoms with E-state index in [4.69, 9.17) is 16.3 Å². The van der Waals surface area contributed by atoms with E-state index in [0.717, 1.165) is 37.0 Å². The van der Waals surface area contributed by atoms with E-state index in [1.165, 1.54) is 12.8 Å². The van der Waals surface area contributed by atoms with E-state index in [1.807, 2.05) is 6.07 Å². The zero-order valence-corrected chi connectivity index (χ0v) is 11.0. The maximum absolute atomic E-state index is 5.96. The van der Waals surface area contributed by atoms with Gasteiger partial charge in [-0.25, -0.2) is 0 Å². The molecule has 4 heteroatoms. The lowest BCUT2D eigenvalue weighted by atomic mass is 10.2. The Morgan fingerprint density at radius 2 is 2.47 bits per heavy atom. The molecular formula is C13H19ClN2O. The minimum absolute atomic E-state index is 0.397. The van der Waals surface area contributed by atoms with Crippen LogP contribution in [0.15, 0.2) is 18.3 Å². The molecule has 0 spiro atoms. The number of likely N-dealkylation sites (N-methyl/N-ethyl adjacent to an activating group) is 1. The van der Waals surface area contributed by atoms with Gasteiger partial charge in [0.25, 0.3) is 0 Å². The standard InChI is InChI=1S/C13H19ClN2O/c1-2-16(10-13-4-3-7-17-13)9-12-8-11(14)5-6-15-12/h5-6,8,13H,2-4,7,9-10H2,1H3. The first-order valence-electron chi connectivity index (χ1n) is 6.22. The fraction of sp³-hybridized carbons (Fsp3) is 0.615. The Morgan fingerprint density at radius 3 is 3.12 bits per heavy atom. The van der Waals surface area contributed by atoms with Crippen LogP contribution in [0.2, 0.25) is 5.02 Å². The lowest BCUT2D eigenvalue weighted by Crippen LogP contribution is -2.31. The van der Waals surface area contributed by atoms with Crippen LogP contribution in [-0.4, -0.2) is 35.7 Å². The smallest absolute Gasteiger partial charge is 0.0702 e. The highest BCUT2D eigenvalue weighted by Gasteiger charge is 2.18. The molecule has 1 aromatic heterocycles. The maximum Gasteiger partial charge on any atom is 0.0702 e. The Hall–Kier alpha value is -0.640. The zero-order chi connectivity index (χ0) is 12.1. The summed E-state index contributed by atoms with van der Waals surface area (Å²) in [5.41, 5.74) is 1.03. The van der Waals surface area contributed by atoms with Gasteiger partial charge in [0.05, 0.1) is 11.8 Å². The molecule has 0 aliphatic carbocycles. The summed E-state index contributed by atoms with van der Waals surface area (Å²) in [4.78, 5) is 6.69. The molecule has 0 N–H and O–H groups in total. The number of ether oxygens (including phenoxy) is 1. The van der Waals surface area contributed by atoms with Crippen molar-refractivity contribution in [3.05, 3.63) is 29.0 Å². The van der Waals surface area contributed by atoms with Crippen molar-refractivity contribution in [1.82, 2.24) is 9.88 Å². The average molecular weight is 255 g/mol. The summed E-state index contributed by atoms with van der Waals surface area (Å²) >= 11 is 5.96. The van der Waals surface area contributed by atoms with Gasteiger partial charge in [0.2, 0.25) is 0 Å². The summed E-state index contributed by atoms with van der Waals surface area (Å²) < 4.78 is 5.66.